The summed E-state index contributed by atoms with van der Waals surface area (Å²) in [5.74, 6) is 0.934. The molecule has 1 aromatic carbocycles. The van der Waals surface area contributed by atoms with Crippen LogP contribution in [0, 0.1) is 5.92 Å². The molecule has 0 N–H and O–H groups in total. The Labute approximate surface area is 137 Å². The standard InChI is InChI=1S/C19H25N3O/c1-20-10-14-7-8-16(20)13-22(11-14)19(23)9-15-12-21(2)18-6-4-3-5-17(15)18/h3-6,12,14,16H,7-11,13H2,1-2H3/t14-,16-/m1/s1. The number of piperidine rings is 1. The molecule has 4 nitrogen and oxygen atoms in total. The Morgan fingerprint density at radius 1 is 1.13 bits per heavy atom. The summed E-state index contributed by atoms with van der Waals surface area (Å²) in [5, 5.41) is 1.21. The van der Waals surface area contributed by atoms with Gasteiger partial charge in [0.2, 0.25) is 5.91 Å². The largest absolute Gasteiger partial charge is 0.350 e. The third-order valence-electron chi connectivity index (χ3n) is 5.66. The molecule has 3 aliphatic rings. The van der Waals surface area contributed by atoms with Crippen molar-refractivity contribution in [2.24, 2.45) is 13.0 Å². The summed E-state index contributed by atoms with van der Waals surface area (Å²) in [6.07, 6.45) is 5.14. The molecular weight excluding hydrogens is 286 g/mol. The summed E-state index contributed by atoms with van der Waals surface area (Å²) in [6.45, 7) is 2.98. The first kappa shape index (κ1) is 14.8. The molecule has 0 spiro atoms. The summed E-state index contributed by atoms with van der Waals surface area (Å²) < 4.78 is 2.12. The lowest BCUT2D eigenvalue weighted by atomic mass is 9.96. The molecule has 2 bridgehead atoms. The van der Waals surface area contributed by atoms with Gasteiger partial charge in [0.05, 0.1) is 6.42 Å². The van der Waals surface area contributed by atoms with E-state index in [4.69, 9.17) is 0 Å². The molecule has 4 heterocycles. The number of hydrogen-bond acceptors (Lipinski definition) is 2. The number of rotatable bonds is 2. The minimum absolute atomic E-state index is 0.286. The molecule has 122 valence electrons. The molecule has 3 aliphatic heterocycles. The fourth-order valence-electron chi connectivity index (χ4n) is 4.36. The van der Waals surface area contributed by atoms with Crippen LogP contribution < -0.4 is 0 Å². The van der Waals surface area contributed by atoms with Gasteiger partial charge in [0.15, 0.2) is 0 Å². The van der Waals surface area contributed by atoms with E-state index in [9.17, 15) is 4.79 Å². The van der Waals surface area contributed by atoms with Crippen LogP contribution in [0.2, 0.25) is 0 Å². The number of benzene rings is 1. The highest BCUT2D eigenvalue weighted by Gasteiger charge is 2.34. The van der Waals surface area contributed by atoms with Crippen LogP contribution in [0.25, 0.3) is 10.9 Å². The van der Waals surface area contributed by atoms with E-state index in [2.05, 4.69) is 58.9 Å². The molecule has 0 radical (unpaired) electrons. The number of likely N-dealkylation sites (N-methyl/N-ethyl adjacent to an activating group) is 1. The highest BCUT2D eigenvalue weighted by Crippen LogP contribution is 2.28. The maximum absolute atomic E-state index is 12.9. The first-order chi connectivity index (χ1) is 11.1. The van der Waals surface area contributed by atoms with E-state index in [-0.39, 0.29) is 5.91 Å². The Morgan fingerprint density at radius 3 is 2.78 bits per heavy atom. The van der Waals surface area contributed by atoms with Gasteiger partial charge in [-0.2, -0.15) is 0 Å². The van der Waals surface area contributed by atoms with Gasteiger partial charge in [-0.25, -0.2) is 0 Å². The molecule has 1 amide bonds. The van der Waals surface area contributed by atoms with Crippen molar-refractivity contribution in [1.29, 1.82) is 0 Å². The molecule has 5 rings (SSSR count). The van der Waals surface area contributed by atoms with E-state index in [1.807, 2.05) is 0 Å². The van der Waals surface area contributed by atoms with E-state index >= 15 is 0 Å². The van der Waals surface area contributed by atoms with Crippen molar-refractivity contribution in [3.05, 3.63) is 36.0 Å². The third-order valence-corrected chi connectivity index (χ3v) is 5.66. The molecule has 3 fully saturated rings. The highest BCUT2D eigenvalue weighted by molar-refractivity contribution is 5.89. The molecule has 3 saturated heterocycles. The lowest BCUT2D eigenvalue weighted by Crippen LogP contribution is -2.42. The average molecular weight is 311 g/mol. The van der Waals surface area contributed by atoms with Crippen molar-refractivity contribution in [2.45, 2.75) is 25.3 Å². The zero-order chi connectivity index (χ0) is 16.0. The second kappa shape index (κ2) is 5.68. The van der Waals surface area contributed by atoms with E-state index in [0.717, 1.165) is 25.2 Å². The predicted molar refractivity (Wildman–Crippen MR) is 92.3 cm³/mol. The molecular formula is C19H25N3O. The quantitative estimate of drug-likeness (QED) is 0.851. The van der Waals surface area contributed by atoms with Crippen LogP contribution in [0.3, 0.4) is 0 Å². The Hall–Kier alpha value is -1.81. The van der Waals surface area contributed by atoms with Gasteiger partial charge in [-0.05, 0) is 37.4 Å². The molecule has 2 atom stereocenters. The molecule has 1 aromatic heterocycles. The summed E-state index contributed by atoms with van der Waals surface area (Å²) in [5.41, 5.74) is 2.35. The fourth-order valence-corrected chi connectivity index (χ4v) is 4.36. The number of aromatic nitrogens is 1. The SMILES string of the molecule is CN1C[C@H]2CC[C@@H]1CN(C(=O)Cc1cn(C)c3ccccc13)C2. The molecule has 4 heteroatoms. The lowest BCUT2D eigenvalue weighted by molar-refractivity contribution is -0.130. The van der Waals surface area contributed by atoms with Crippen LogP contribution in [-0.2, 0) is 18.3 Å². The maximum Gasteiger partial charge on any atom is 0.227 e. The van der Waals surface area contributed by atoms with E-state index in [1.165, 1.54) is 23.7 Å². The van der Waals surface area contributed by atoms with Crippen LogP contribution in [0.4, 0.5) is 0 Å². The molecule has 0 aliphatic carbocycles. The van der Waals surface area contributed by atoms with Gasteiger partial charge >= 0.3 is 0 Å². The van der Waals surface area contributed by atoms with Crippen molar-refractivity contribution < 1.29 is 4.79 Å². The topological polar surface area (TPSA) is 28.5 Å². The highest BCUT2D eigenvalue weighted by atomic mass is 16.2. The zero-order valence-electron chi connectivity index (χ0n) is 14.0. The minimum atomic E-state index is 0.286. The van der Waals surface area contributed by atoms with Crippen molar-refractivity contribution in [1.82, 2.24) is 14.4 Å². The number of amides is 1. The van der Waals surface area contributed by atoms with Crippen LogP contribution >= 0.6 is 0 Å². The van der Waals surface area contributed by atoms with E-state index < -0.39 is 0 Å². The molecule has 23 heavy (non-hydrogen) atoms. The Morgan fingerprint density at radius 2 is 1.96 bits per heavy atom. The maximum atomic E-state index is 12.9. The second-order valence-electron chi connectivity index (χ2n) is 7.29. The first-order valence-corrected chi connectivity index (χ1v) is 8.63. The first-order valence-electron chi connectivity index (χ1n) is 8.63. The predicted octanol–water partition coefficient (Wildman–Crippen LogP) is 2.27. The molecule has 0 unspecified atom stereocenters. The van der Waals surface area contributed by atoms with Gasteiger partial charge in [-0.15, -0.1) is 0 Å². The normalized spacial score (nSPS) is 25.0. The third kappa shape index (κ3) is 2.65. The number of para-hydroxylation sites is 1. The van der Waals surface area contributed by atoms with Crippen molar-refractivity contribution >= 4 is 16.8 Å². The summed E-state index contributed by atoms with van der Waals surface area (Å²) >= 11 is 0. The number of aryl methyl sites for hydroxylation is 1. The van der Waals surface area contributed by atoms with Crippen molar-refractivity contribution in [2.75, 3.05) is 26.7 Å². The molecule has 0 saturated carbocycles. The number of hydrogen-bond donors (Lipinski definition) is 0. The van der Waals surface area contributed by atoms with Crippen LogP contribution in [0.1, 0.15) is 18.4 Å². The number of carbonyl (C=O) groups is 1. The van der Waals surface area contributed by atoms with Gasteiger partial charge in [0.25, 0.3) is 0 Å². The Bertz CT molecular complexity index is 735. The van der Waals surface area contributed by atoms with Crippen LogP contribution in [0.15, 0.2) is 30.5 Å². The summed E-state index contributed by atoms with van der Waals surface area (Å²) in [7, 11) is 4.26. The van der Waals surface area contributed by atoms with Crippen LogP contribution in [-0.4, -0.2) is 53.0 Å². The number of nitrogens with zero attached hydrogens (tertiary/aromatic N) is 3. The fraction of sp³-hybridized carbons (Fsp3) is 0.526. The smallest absolute Gasteiger partial charge is 0.227 e. The Balaban J connectivity index is 1.55. The van der Waals surface area contributed by atoms with Gasteiger partial charge in [0, 0.05) is 49.8 Å². The second-order valence-corrected chi connectivity index (χ2v) is 7.29. The van der Waals surface area contributed by atoms with Crippen LogP contribution in [0.5, 0.6) is 0 Å². The number of fused-ring (bicyclic) bond motifs is 5. The number of carbonyl (C=O) groups excluding carboxylic acids is 1. The minimum Gasteiger partial charge on any atom is -0.350 e. The van der Waals surface area contributed by atoms with Crippen molar-refractivity contribution in [3.8, 4) is 0 Å². The Kier molecular flexibility index (Phi) is 3.64. The summed E-state index contributed by atoms with van der Waals surface area (Å²) in [4.78, 5) is 17.5. The zero-order valence-corrected chi connectivity index (χ0v) is 14.0. The van der Waals surface area contributed by atoms with E-state index in [0.29, 0.717) is 18.4 Å². The van der Waals surface area contributed by atoms with Gasteiger partial charge in [-0.1, -0.05) is 18.2 Å². The lowest BCUT2D eigenvalue weighted by Gasteiger charge is -2.32. The van der Waals surface area contributed by atoms with Gasteiger partial charge in [0.1, 0.15) is 0 Å². The molecule has 2 aromatic rings. The van der Waals surface area contributed by atoms with E-state index in [1.54, 1.807) is 0 Å². The van der Waals surface area contributed by atoms with Crippen molar-refractivity contribution in [3.63, 3.8) is 0 Å². The average Bonchev–Trinajstić information content (AvgIpc) is 2.70. The monoisotopic (exact) mass is 311 g/mol. The summed E-state index contributed by atoms with van der Waals surface area (Å²) in [6, 6.07) is 8.89. The van der Waals surface area contributed by atoms with Gasteiger partial charge < -0.3 is 14.4 Å². The van der Waals surface area contributed by atoms with Gasteiger partial charge in [-0.3, -0.25) is 4.79 Å².